The van der Waals surface area contributed by atoms with Gasteiger partial charge in [-0.3, -0.25) is 4.90 Å². The smallest absolute Gasteiger partial charge is 0.122 e. The van der Waals surface area contributed by atoms with Crippen LogP contribution >= 0.6 is 0 Å². The lowest BCUT2D eigenvalue weighted by molar-refractivity contribution is 0.0482. The Morgan fingerprint density at radius 2 is 2.12 bits per heavy atom. The molecular weight excluding hydrogens is 212 g/mol. The number of likely N-dealkylation sites (tertiary alicyclic amines) is 1. The van der Waals surface area contributed by atoms with Gasteiger partial charge >= 0.3 is 0 Å². The van der Waals surface area contributed by atoms with Gasteiger partial charge in [0.05, 0.1) is 12.3 Å². The van der Waals surface area contributed by atoms with Gasteiger partial charge in [0.15, 0.2) is 0 Å². The van der Waals surface area contributed by atoms with Gasteiger partial charge in [-0.15, -0.1) is 0 Å². The lowest BCUT2D eigenvalue weighted by atomic mass is 9.85. The van der Waals surface area contributed by atoms with Crippen LogP contribution in [0.2, 0.25) is 0 Å². The maximum absolute atomic E-state index is 6.42. The Bertz CT molecular complexity index is 330. The molecule has 1 aliphatic rings. The van der Waals surface area contributed by atoms with Gasteiger partial charge in [0.2, 0.25) is 0 Å². The summed E-state index contributed by atoms with van der Waals surface area (Å²) in [6, 6.07) is 3.87. The topological polar surface area (TPSA) is 42.4 Å². The third-order valence-corrected chi connectivity index (χ3v) is 4.31. The summed E-state index contributed by atoms with van der Waals surface area (Å²) in [5, 5.41) is 0. The normalized spacial score (nSPS) is 23.2. The molecule has 0 aromatic carbocycles. The molecule has 0 amide bonds. The van der Waals surface area contributed by atoms with E-state index in [0.717, 1.165) is 12.2 Å². The minimum atomic E-state index is -0.0411. The summed E-state index contributed by atoms with van der Waals surface area (Å²) < 4.78 is 5.48. The first kappa shape index (κ1) is 12.7. The van der Waals surface area contributed by atoms with Crippen LogP contribution in [0.4, 0.5) is 0 Å². The predicted molar refractivity (Wildman–Crippen MR) is 69.8 cm³/mol. The molecule has 2 atom stereocenters. The van der Waals surface area contributed by atoms with Crippen LogP contribution in [0.25, 0.3) is 0 Å². The Labute approximate surface area is 104 Å². The molecule has 17 heavy (non-hydrogen) atoms. The van der Waals surface area contributed by atoms with Crippen LogP contribution in [0.5, 0.6) is 0 Å². The molecule has 1 aromatic heterocycles. The van der Waals surface area contributed by atoms with E-state index in [2.05, 4.69) is 18.7 Å². The number of piperidine rings is 1. The maximum atomic E-state index is 6.42. The molecule has 0 spiro atoms. The number of nitrogens with zero attached hydrogens (tertiary/aromatic N) is 1. The zero-order chi connectivity index (χ0) is 12.3. The fourth-order valence-corrected chi connectivity index (χ4v) is 2.82. The zero-order valence-corrected chi connectivity index (χ0v) is 11.0. The van der Waals surface area contributed by atoms with Crippen LogP contribution in [0.1, 0.15) is 51.3 Å². The van der Waals surface area contributed by atoms with E-state index < -0.39 is 0 Å². The van der Waals surface area contributed by atoms with Crippen molar-refractivity contribution in [1.82, 2.24) is 4.90 Å². The fraction of sp³-hybridized carbons (Fsp3) is 0.714. The van der Waals surface area contributed by atoms with Crippen LogP contribution in [-0.2, 0) is 0 Å². The Kier molecular flexibility index (Phi) is 3.89. The highest BCUT2D eigenvalue weighted by Crippen LogP contribution is 2.34. The molecule has 0 radical (unpaired) electrons. The molecule has 0 bridgehead atoms. The van der Waals surface area contributed by atoms with Gasteiger partial charge in [0.1, 0.15) is 5.76 Å². The third kappa shape index (κ3) is 2.40. The number of hydrogen-bond donors (Lipinski definition) is 1. The first-order chi connectivity index (χ1) is 8.18. The summed E-state index contributed by atoms with van der Waals surface area (Å²) in [6.07, 6.45) is 6.70. The summed E-state index contributed by atoms with van der Waals surface area (Å²) in [5.41, 5.74) is 6.44. The average molecular weight is 236 g/mol. The van der Waals surface area contributed by atoms with Crippen LogP contribution in [0.15, 0.2) is 22.8 Å². The van der Waals surface area contributed by atoms with Gasteiger partial charge in [0, 0.05) is 5.54 Å². The average Bonchev–Trinajstić information content (AvgIpc) is 2.92. The molecule has 1 aliphatic heterocycles. The highest BCUT2D eigenvalue weighted by molar-refractivity contribution is 5.11. The molecule has 0 saturated carbocycles. The second-order valence-electron chi connectivity index (χ2n) is 5.25. The molecule has 3 nitrogen and oxygen atoms in total. The number of hydrogen-bond acceptors (Lipinski definition) is 3. The lowest BCUT2D eigenvalue weighted by Gasteiger charge is -2.46. The fourth-order valence-electron chi connectivity index (χ4n) is 2.82. The minimum Gasteiger partial charge on any atom is -0.468 e. The summed E-state index contributed by atoms with van der Waals surface area (Å²) >= 11 is 0. The van der Waals surface area contributed by atoms with E-state index in [0.29, 0.717) is 0 Å². The zero-order valence-electron chi connectivity index (χ0n) is 11.0. The monoisotopic (exact) mass is 236 g/mol. The molecule has 96 valence electrons. The van der Waals surface area contributed by atoms with Gasteiger partial charge in [-0.05, 0) is 51.4 Å². The van der Waals surface area contributed by atoms with Crippen molar-refractivity contribution in [1.29, 1.82) is 0 Å². The Hall–Kier alpha value is -0.800. The van der Waals surface area contributed by atoms with Gasteiger partial charge in [-0.25, -0.2) is 0 Å². The number of nitrogens with two attached hydrogens (primary N) is 1. The maximum Gasteiger partial charge on any atom is 0.122 e. The van der Waals surface area contributed by atoms with Gasteiger partial charge in [-0.2, -0.15) is 0 Å². The largest absolute Gasteiger partial charge is 0.468 e. The first-order valence-corrected chi connectivity index (χ1v) is 6.72. The standard InChI is InChI=1S/C14H24N2O/c1-3-14(2,16-9-5-4-6-10-16)13(15)12-8-7-11-17-12/h7-8,11,13H,3-6,9-10,15H2,1-2H3. The summed E-state index contributed by atoms with van der Waals surface area (Å²) in [7, 11) is 0. The van der Waals surface area contributed by atoms with Gasteiger partial charge in [-0.1, -0.05) is 13.3 Å². The van der Waals surface area contributed by atoms with E-state index in [1.165, 1.54) is 32.4 Å². The second kappa shape index (κ2) is 5.23. The van der Waals surface area contributed by atoms with Crippen LogP contribution in [-0.4, -0.2) is 23.5 Å². The summed E-state index contributed by atoms with van der Waals surface area (Å²) in [6.45, 7) is 6.82. The molecule has 1 fully saturated rings. The molecular formula is C14H24N2O. The molecule has 2 heterocycles. The van der Waals surface area contributed by atoms with Crippen molar-refractivity contribution in [2.75, 3.05) is 13.1 Å². The van der Waals surface area contributed by atoms with Crippen LogP contribution in [0.3, 0.4) is 0 Å². The van der Waals surface area contributed by atoms with E-state index in [9.17, 15) is 0 Å². The van der Waals surface area contributed by atoms with E-state index in [4.69, 9.17) is 10.2 Å². The Morgan fingerprint density at radius 1 is 1.41 bits per heavy atom. The van der Waals surface area contributed by atoms with Gasteiger partial charge < -0.3 is 10.2 Å². The quantitative estimate of drug-likeness (QED) is 0.874. The van der Waals surface area contributed by atoms with E-state index in [1.807, 2.05) is 12.1 Å². The van der Waals surface area contributed by atoms with E-state index in [1.54, 1.807) is 6.26 Å². The highest BCUT2D eigenvalue weighted by Gasteiger charge is 2.38. The molecule has 0 aliphatic carbocycles. The predicted octanol–water partition coefficient (Wildman–Crippen LogP) is 2.93. The summed E-state index contributed by atoms with van der Waals surface area (Å²) in [4.78, 5) is 2.55. The van der Waals surface area contributed by atoms with Crippen molar-refractivity contribution < 1.29 is 4.42 Å². The first-order valence-electron chi connectivity index (χ1n) is 6.72. The summed E-state index contributed by atoms with van der Waals surface area (Å²) in [5.74, 6) is 0.903. The third-order valence-electron chi connectivity index (χ3n) is 4.31. The van der Waals surface area contributed by atoms with Crippen molar-refractivity contribution in [3.05, 3.63) is 24.2 Å². The van der Waals surface area contributed by atoms with Crippen molar-refractivity contribution in [3.63, 3.8) is 0 Å². The van der Waals surface area contributed by atoms with Crippen LogP contribution < -0.4 is 5.73 Å². The SMILES string of the molecule is CCC(C)(C(N)c1ccco1)N1CCCCC1. The molecule has 2 N–H and O–H groups in total. The van der Waals surface area contributed by atoms with Crippen molar-refractivity contribution >= 4 is 0 Å². The van der Waals surface area contributed by atoms with E-state index >= 15 is 0 Å². The highest BCUT2D eigenvalue weighted by atomic mass is 16.3. The lowest BCUT2D eigenvalue weighted by Crippen LogP contribution is -2.54. The Balaban J connectivity index is 2.17. The molecule has 1 saturated heterocycles. The number of furan rings is 1. The molecule has 2 unspecified atom stereocenters. The molecule has 2 rings (SSSR count). The minimum absolute atomic E-state index is 0.0122. The Morgan fingerprint density at radius 3 is 2.65 bits per heavy atom. The van der Waals surface area contributed by atoms with Crippen molar-refractivity contribution in [2.24, 2.45) is 5.73 Å². The van der Waals surface area contributed by atoms with Crippen molar-refractivity contribution in [3.8, 4) is 0 Å². The van der Waals surface area contributed by atoms with Gasteiger partial charge in [0.25, 0.3) is 0 Å². The molecule has 3 heteroatoms. The second-order valence-corrected chi connectivity index (χ2v) is 5.25. The van der Waals surface area contributed by atoms with E-state index in [-0.39, 0.29) is 11.6 Å². The number of rotatable bonds is 4. The van der Waals surface area contributed by atoms with Crippen LogP contribution in [0, 0.1) is 0 Å². The van der Waals surface area contributed by atoms with Crippen molar-refractivity contribution in [2.45, 2.75) is 51.1 Å². The molecule has 1 aromatic rings.